The number of pyridine rings is 1. The Morgan fingerprint density at radius 2 is 1.86 bits per heavy atom. The van der Waals surface area contributed by atoms with Crippen LogP contribution in [0.4, 0.5) is 13.2 Å². The zero-order chi connectivity index (χ0) is 21.5. The van der Waals surface area contributed by atoms with Gasteiger partial charge in [-0.15, -0.1) is 0 Å². The van der Waals surface area contributed by atoms with Crippen molar-refractivity contribution in [2.45, 2.75) is 23.7 Å². The lowest BCUT2D eigenvalue weighted by atomic mass is 10.2. The van der Waals surface area contributed by atoms with Gasteiger partial charge in [-0.3, -0.25) is 9.98 Å². The fourth-order valence-electron chi connectivity index (χ4n) is 2.16. The number of guanidine groups is 1. The summed E-state index contributed by atoms with van der Waals surface area (Å²) in [7, 11) is -2.28. The standard InChI is InChI=1S/C18H21F3N4O2S2/c1-13-3-7-16(8-4-13)29(26,27)25-17(22-2)23-9-10-28-12-15-6-5-14(11-24-15)18(19,20)21/h3-8,11H,9-10,12H2,1-2H3,(H2,22,23,25). The van der Waals surface area contributed by atoms with Crippen LogP contribution >= 0.6 is 11.8 Å². The van der Waals surface area contributed by atoms with Gasteiger partial charge in [-0.05, 0) is 31.2 Å². The van der Waals surface area contributed by atoms with E-state index in [2.05, 4.69) is 20.0 Å². The predicted molar refractivity (Wildman–Crippen MR) is 108 cm³/mol. The molecule has 158 valence electrons. The molecule has 0 aliphatic carbocycles. The summed E-state index contributed by atoms with van der Waals surface area (Å²) in [5.41, 5.74) is 0.705. The number of nitrogens with one attached hydrogen (secondary N) is 2. The molecule has 1 heterocycles. The monoisotopic (exact) mass is 446 g/mol. The first-order valence-corrected chi connectivity index (χ1v) is 11.2. The minimum atomic E-state index is -4.40. The van der Waals surface area contributed by atoms with E-state index >= 15 is 0 Å². The van der Waals surface area contributed by atoms with Crippen LogP contribution in [0.3, 0.4) is 0 Å². The molecule has 0 atom stereocenters. The van der Waals surface area contributed by atoms with Gasteiger partial charge in [-0.25, -0.2) is 13.1 Å². The second kappa shape index (κ2) is 9.97. The molecule has 0 aliphatic heterocycles. The summed E-state index contributed by atoms with van der Waals surface area (Å²) < 4.78 is 64.6. The summed E-state index contributed by atoms with van der Waals surface area (Å²) in [4.78, 5) is 7.83. The third-order valence-corrected chi connectivity index (χ3v) is 6.07. The zero-order valence-corrected chi connectivity index (χ0v) is 17.5. The lowest BCUT2D eigenvalue weighted by molar-refractivity contribution is -0.137. The summed E-state index contributed by atoms with van der Waals surface area (Å²) in [6.07, 6.45) is -3.58. The van der Waals surface area contributed by atoms with Crippen molar-refractivity contribution >= 4 is 27.7 Å². The topological polar surface area (TPSA) is 83.4 Å². The van der Waals surface area contributed by atoms with Crippen molar-refractivity contribution in [3.05, 3.63) is 59.4 Å². The average Bonchev–Trinajstić information content (AvgIpc) is 2.66. The molecule has 0 saturated carbocycles. The van der Waals surface area contributed by atoms with Crippen molar-refractivity contribution in [3.8, 4) is 0 Å². The minimum absolute atomic E-state index is 0.110. The molecule has 1 aromatic heterocycles. The normalized spacial score (nSPS) is 12.7. The molecular weight excluding hydrogens is 425 g/mol. The molecule has 0 aliphatic rings. The van der Waals surface area contributed by atoms with Gasteiger partial charge in [0, 0.05) is 31.3 Å². The highest BCUT2D eigenvalue weighted by molar-refractivity contribution is 7.98. The van der Waals surface area contributed by atoms with Crippen LogP contribution in [0.1, 0.15) is 16.8 Å². The van der Waals surface area contributed by atoms with E-state index < -0.39 is 21.8 Å². The van der Waals surface area contributed by atoms with Crippen LogP contribution in [0.15, 0.2) is 52.5 Å². The van der Waals surface area contributed by atoms with Gasteiger partial charge in [0.25, 0.3) is 10.0 Å². The summed E-state index contributed by atoms with van der Waals surface area (Å²) >= 11 is 1.45. The summed E-state index contributed by atoms with van der Waals surface area (Å²) in [5, 5.41) is 2.89. The lowest BCUT2D eigenvalue weighted by Crippen LogP contribution is -2.41. The van der Waals surface area contributed by atoms with Gasteiger partial charge >= 0.3 is 6.18 Å². The van der Waals surface area contributed by atoms with Crippen LogP contribution in [0.25, 0.3) is 0 Å². The molecule has 0 fully saturated rings. The largest absolute Gasteiger partial charge is 0.417 e. The predicted octanol–water partition coefficient (Wildman–Crippen LogP) is 3.20. The molecule has 0 amide bonds. The molecule has 0 unspecified atom stereocenters. The SMILES string of the molecule is CN=C(NCCSCc1ccc(C(F)(F)F)cn1)NS(=O)(=O)c1ccc(C)cc1. The summed E-state index contributed by atoms with van der Waals surface area (Å²) in [5.74, 6) is 1.13. The number of hydrogen-bond acceptors (Lipinski definition) is 5. The summed E-state index contributed by atoms with van der Waals surface area (Å²) in [6.45, 7) is 2.27. The fourth-order valence-corrected chi connectivity index (χ4v) is 3.96. The molecule has 6 nitrogen and oxygen atoms in total. The van der Waals surface area contributed by atoms with E-state index in [1.54, 1.807) is 12.1 Å². The van der Waals surface area contributed by atoms with E-state index in [4.69, 9.17) is 0 Å². The number of aryl methyl sites for hydroxylation is 1. The van der Waals surface area contributed by atoms with Crippen LogP contribution in [-0.2, 0) is 22.0 Å². The molecule has 1 aromatic carbocycles. The second-order valence-electron chi connectivity index (χ2n) is 6.01. The number of hydrogen-bond donors (Lipinski definition) is 2. The van der Waals surface area contributed by atoms with E-state index in [9.17, 15) is 21.6 Å². The number of thioether (sulfide) groups is 1. The maximum absolute atomic E-state index is 12.5. The Kier molecular flexibility index (Phi) is 7.91. The Balaban J connectivity index is 1.78. The first-order valence-electron chi connectivity index (χ1n) is 8.52. The van der Waals surface area contributed by atoms with Crippen molar-refractivity contribution in [3.63, 3.8) is 0 Å². The number of aliphatic imine (C=N–C) groups is 1. The maximum atomic E-state index is 12.5. The quantitative estimate of drug-likeness (QED) is 0.388. The van der Waals surface area contributed by atoms with Crippen molar-refractivity contribution in [2.75, 3.05) is 19.3 Å². The average molecular weight is 447 g/mol. The van der Waals surface area contributed by atoms with Crippen LogP contribution in [-0.4, -0.2) is 38.7 Å². The molecular formula is C18H21F3N4O2S2. The van der Waals surface area contributed by atoms with E-state index in [-0.39, 0.29) is 10.9 Å². The lowest BCUT2D eigenvalue weighted by Gasteiger charge is -2.12. The number of sulfonamides is 1. The minimum Gasteiger partial charge on any atom is -0.355 e. The number of benzene rings is 1. The molecule has 0 radical (unpaired) electrons. The maximum Gasteiger partial charge on any atom is 0.417 e. The van der Waals surface area contributed by atoms with Crippen molar-refractivity contribution in [1.29, 1.82) is 0 Å². The van der Waals surface area contributed by atoms with Crippen molar-refractivity contribution in [1.82, 2.24) is 15.0 Å². The molecule has 2 aromatic rings. The van der Waals surface area contributed by atoms with E-state index in [0.29, 0.717) is 23.7 Å². The number of nitrogens with zero attached hydrogens (tertiary/aromatic N) is 2. The van der Waals surface area contributed by atoms with Crippen LogP contribution < -0.4 is 10.0 Å². The van der Waals surface area contributed by atoms with Gasteiger partial charge in [-0.1, -0.05) is 17.7 Å². The van der Waals surface area contributed by atoms with Crippen LogP contribution in [0.2, 0.25) is 0 Å². The van der Waals surface area contributed by atoms with Gasteiger partial charge in [-0.2, -0.15) is 24.9 Å². The zero-order valence-electron chi connectivity index (χ0n) is 15.8. The Labute approximate surface area is 172 Å². The first kappa shape index (κ1) is 23.0. The number of rotatable bonds is 7. The molecule has 0 spiro atoms. The molecule has 29 heavy (non-hydrogen) atoms. The Hall–Kier alpha value is -2.27. The van der Waals surface area contributed by atoms with Gasteiger partial charge in [0.05, 0.1) is 16.2 Å². The molecule has 0 bridgehead atoms. The molecule has 0 saturated heterocycles. The van der Waals surface area contributed by atoms with Crippen LogP contribution in [0, 0.1) is 6.92 Å². The Morgan fingerprint density at radius 1 is 1.17 bits per heavy atom. The van der Waals surface area contributed by atoms with Gasteiger partial charge < -0.3 is 5.32 Å². The first-order chi connectivity index (χ1) is 13.6. The third kappa shape index (κ3) is 7.24. The van der Waals surface area contributed by atoms with Crippen molar-refractivity contribution < 1.29 is 21.6 Å². The second-order valence-corrected chi connectivity index (χ2v) is 8.79. The van der Waals surface area contributed by atoms with Gasteiger partial charge in [0.15, 0.2) is 0 Å². The number of alkyl halides is 3. The highest BCUT2D eigenvalue weighted by atomic mass is 32.2. The van der Waals surface area contributed by atoms with E-state index in [1.807, 2.05) is 6.92 Å². The highest BCUT2D eigenvalue weighted by Crippen LogP contribution is 2.28. The molecule has 2 N–H and O–H groups in total. The third-order valence-electron chi connectivity index (χ3n) is 3.73. The van der Waals surface area contributed by atoms with E-state index in [1.165, 1.54) is 37.0 Å². The smallest absolute Gasteiger partial charge is 0.355 e. The number of aromatic nitrogens is 1. The van der Waals surface area contributed by atoms with Gasteiger partial charge in [0.1, 0.15) is 0 Å². The fraction of sp³-hybridized carbons (Fsp3) is 0.333. The highest BCUT2D eigenvalue weighted by Gasteiger charge is 2.30. The summed E-state index contributed by atoms with van der Waals surface area (Å²) in [6, 6.07) is 8.78. The molecule has 2 rings (SSSR count). The van der Waals surface area contributed by atoms with Crippen LogP contribution in [0.5, 0.6) is 0 Å². The Bertz CT molecular complexity index is 929. The number of halogens is 3. The van der Waals surface area contributed by atoms with Gasteiger partial charge in [0.2, 0.25) is 5.96 Å². The molecule has 11 heteroatoms. The van der Waals surface area contributed by atoms with Crippen molar-refractivity contribution in [2.24, 2.45) is 4.99 Å². The Morgan fingerprint density at radius 3 is 2.41 bits per heavy atom. The van der Waals surface area contributed by atoms with E-state index in [0.717, 1.165) is 17.8 Å².